The van der Waals surface area contributed by atoms with Crippen LogP contribution in [-0.4, -0.2) is 36.1 Å². The van der Waals surface area contributed by atoms with Gasteiger partial charge in [-0.1, -0.05) is 11.6 Å². The number of anilines is 2. The number of pyridine rings is 1. The van der Waals surface area contributed by atoms with Crippen molar-refractivity contribution >= 4 is 28.9 Å². The van der Waals surface area contributed by atoms with E-state index in [9.17, 15) is 4.79 Å². The maximum atomic E-state index is 12.4. The van der Waals surface area contributed by atoms with Gasteiger partial charge in [-0.15, -0.1) is 0 Å². The molecule has 3 saturated heterocycles. The Bertz CT molecular complexity index is 718. The molecule has 2 bridgehead atoms. The van der Waals surface area contributed by atoms with Crippen molar-refractivity contribution < 1.29 is 4.79 Å². The van der Waals surface area contributed by atoms with Gasteiger partial charge in [-0.3, -0.25) is 9.78 Å². The van der Waals surface area contributed by atoms with Gasteiger partial charge >= 0.3 is 0 Å². The molecule has 1 aromatic heterocycles. The van der Waals surface area contributed by atoms with E-state index in [4.69, 9.17) is 11.6 Å². The van der Waals surface area contributed by atoms with Crippen molar-refractivity contribution in [1.29, 1.82) is 0 Å². The van der Waals surface area contributed by atoms with Crippen molar-refractivity contribution in [2.75, 3.05) is 23.3 Å². The minimum absolute atomic E-state index is 0.165. The first-order valence-electron chi connectivity index (χ1n) is 7.70. The standard InChI is InChI=1S/C17H17ClN4O/c18-12-1-3-13(4-2-12)21-17(23)11-5-16(8-19-7-11)22-9-14-6-15(10-22)20-14/h1-5,7-8,14-15,20H,6,9-10H2,(H,21,23). The third kappa shape index (κ3) is 3.02. The van der Waals surface area contributed by atoms with Crippen molar-refractivity contribution in [2.24, 2.45) is 0 Å². The van der Waals surface area contributed by atoms with Crippen molar-refractivity contribution in [1.82, 2.24) is 10.3 Å². The van der Waals surface area contributed by atoms with Crippen LogP contribution >= 0.6 is 11.6 Å². The zero-order chi connectivity index (χ0) is 15.8. The van der Waals surface area contributed by atoms with Crippen LogP contribution in [0.3, 0.4) is 0 Å². The number of piperazine rings is 1. The molecule has 5 rings (SSSR count). The average Bonchev–Trinajstić information content (AvgIpc) is 2.56. The highest BCUT2D eigenvalue weighted by Crippen LogP contribution is 2.26. The lowest BCUT2D eigenvalue weighted by Crippen LogP contribution is -2.67. The number of piperidine rings is 1. The Hall–Kier alpha value is -2.11. The van der Waals surface area contributed by atoms with Crippen LogP contribution in [0.25, 0.3) is 0 Å². The van der Waals surface area contributed by atoms with E-state index in [0.717, 1.165) is 18.8 Å². The van der Waals surface area contributed by atoms with Crippen molar-refractivity contribution in [3.05, 3.63) is 53.3 Å². The fourth-order valence-corrected chi connectivity index (χ4v) is 3.31. The first-order valence-corrected chi connectivity index (χ1v) is 8.08. The van der Waals surface area contributed by atoms with Gasteiger partial charge in [0.2, 0.25) is 0 Å². The summed E-state index contributed by atoms with van der Waals surface area (Å²) >= 11 is 5.85. The van der Waals surface area contributed by atoms with Crippen LogP contribution in [0.4, 0.5) is 11.4 Å². The van der Waals surface area contributed by atoms with Crippen LogP contribution in [0.1, 0.15) is 16.8 Å². The number of amides is 1. The smallest absolute Gasteiger partial charge is 0.257 e. The normalized spacial score (nSPS) is 22.4. The van der Waals surface area contributed by atoms with E-state index in [1.54, 1.807) is 30.5 Å². The van der Waals surface area contributed by atoms with E-state index in [2.05, 4.69) is 20.5 Å². The lowest BCUT2D eigenvalue weighted by molar-refractivity contribution is 0.102. The van der Waals surface area contributed by atoms with Crippen molar-refractivity contribution in [3.63, 3.8) is 0 Å². The van der Waals surface area contributed by atoms with Gasteiger partial charge in [-0.05, 0) is 36.8 Å². The number of rotatable bonds is 3. The monoisotopic (exact) mass is 328 g/mol. The molecule has 2 atom stereocenters. The molecule has 4 heterocycles. The molecule has 1 aromatic carbocycles. The Morgan fingerprint density at radius 1 is 1.22 bits per heavy atom. The first-order chi connectivity index (χ1) is 11.2. The summed E-state index contributed by atoms with van der Waals surface area (Å²) in [7, 11) is 0. The molecule has 23 heavy (non-hydrogen) atoms. The second-order valence-corrected chi connectivity index (χ2v) is 6.53. The molecule has 118 valence electrons. The molecular formula is C17H17ClN4O. The minimum Gasteiger partial charge on any atom is -0.367 e. The summed E-state index contributed by atoms with van der Waals surface area (Å²) in [4.78, 5) is 18.9. The summed E-state index contributed by atoms with van der Waals surface area (Å²) in [5, 5.41) is 7.01. The lowest BCUT2D eigenvalue weighted by atomic mass is 9.91. The second-order valence-electron chi connectivity index (χ2n) is 6.09. The molecule has 0 saturated carbocycles. The van der Waals surface area contributed by atoms with Crippen molar-refractivity contribution in [2.45, 2.75) is 18.5 Å². The number of aromatic nitrogens is 1. The molecule has 2 N–H and O–H groups in total. The highest BCUT2D eigenvalue weighted by atomic mass is 35.5. The molecule has 2 unspecified atom stereocenters. The van der Waals surface area contributed by atoms with Gasteiger partial charge in [-0.2, -0.15) is 0 Å². The van der Waals surface area contributed by atoms with Gasteiger partial charge in [0.05, 0.1) is 17.4 Å². The van der Waals surface area contributed by atoms with Crippen LogP contribution in [-0.2, 0) is 0 Å². The molecule has 0 radical (unpaired) electrons. The summed E-state index contributed by atoms with van der Waals surface area (Å²) in [6, 6.07) is 10.1. The van der Waals surface area contributed by atoms with Gasteiger partial charge in [0.25, 0.3) is 5.91 Å². The maximum absolute atomic E-state index is 12.4. The Kier molecular flexibility index (Phi) is 3.67. The van der Waals surface area contributed by atoms with E-state index in [1.807, 2.05) is 12.3 Å². The molecule has 6 heteroatoms. The SMILES string of the molecule is O=C(Nc1ccc(Cl)cc1)c1cncc(N2CC3CC(C2)N3)c1. The highest BCUT2D eigenvalue weighted by Gasteiger charge is 2.36. The van der Waals surface area contributed by atoms with Gasteiger partial charge in [0.1, 0.15) is 0 Å². The summed E-state index contributed by atoms with van der Waals surface area (Å²) < 4.78 is 0. The van der Waals surface area contributed by atoms with Gasteiger partial charge < -0.3 is 15.5 Å². The number of fused-ring (bicyclic) bond motifs is 2. The van der Waals surface area contributed by atoms with E-state index in [1.165, 1.54) is 6.42 Å². The van der Waals surface area contributed by atoms with E-state index < -0.39 is 0 Å². The third-order valence-corrected chi connectivity index (χ3v) is 4.63. The third-order valence-electron chi connectivity index (χ3n) is 4.38. The molecule has 0 aliphatic carbocycles. The van der Waals surface area contributed by atoms with Crippen LogP contribution in [0, 0.1) is 0 Å². The first kappa shape index (κ1) is 14.5. The number of hydrogen-bond donors (Lipinski definition) is 2. The fourth-order valence-electron chi connectivity index (χ4n) is 3.19. The second kappa shape index (κ2) is 5.83. The Morgan fingerprint density at radius 2 is 1.91 bits per heavy atom. The molecule has 1 amide bonds. The van der Waals surface area contributed by atoms with Gasteiger partial charge in [0, 0.05) is 42.1 Å². The van der Waals surface area contributed by atoms with Crippen LogP contribution < -0.4 is 15.5 Å². The molecular weight excluding hydrogens is 312 g/mol. The number of nitrogens with one attached hydrogen (secondary N) is 2. The minimum atomic E-state index is -0.165. The van der Waals surface area contributed by atoms with Gasteiger partial charge in [-0.25, -0.2) is 0 Å². The molecule has 3 aliphatic rings. The number of halogens is 1. The number of carbonyl (C=O) groups is 1. The highest BCUT2D eigenvalue weighted by molar-refractivity contribution is 6.30. The summed E-state index contributed by atoms with van der Waals surface area (Å²) in [5.41, 5.74) is 2.28. The maximum Gasteiger partial charge on any atom is 0.257 e. The number of benzene rings is 1. The summed E-state index contributed by atoms with van der Waals surface area (Å²) in [6.45, 7) is 1.95. The summed E-state index contributed by atoms with van der Waals surface area (Å²) in [5.74, 6) is -0.165. The fraction of sp³-hybridized carbons (Fsp3) is 0.294. The van der Waals surface area contributed by atoms with E-state index in [0.29, 0.717) is 28.4 Å². The zero-order valence-corrected chi connectivity index (χ0v) is 13.3. The quantitative estimate of drug-likeness (QED) is 0.909. The zero-order valence-electron chi connectivity index (χ0n) is 12.5. The van der Waals surface area contributed by atoms with Crippen LogP contribution in [0.15, 0.2) is 42.7 Å². The van der Waals surface area contributed by atoms with Crippen molar-refractivity contribution in [3.8, 4) is 0 Å². The number of carbonyl (C=O) groups excluding carboxylic acids is 1. The predicted octanol–water partition coefficient (Wildman–Crippen LogP) is 2.54. The molecule has 3 aliphatic heterocycles. The molecule has 5 nitrogen and oxygen atoms in total. The Morgan fingerprint density at radius 3 is 2.61 bits per heavy atom. The lowest BCUT2D eigenvalue weighted by Gasteiger charge is -2.49. The van der Waals surface area contributed by atoms with Gasteiger partial charge in [0.15, 0.2) is 0 Å². The predicted molar refractivity (Wildman–Crippen MR) is 91.2 cm³/mol. The summed E-state index contributed by atoms with van der Waals surface area (Å²) in [6.07, 6.45) is 4.67. The van der Waals surface area contributed by atoms with Crippen LogP contribution in [0.2, 0.25) is 5.02 Å². The molecule has 3 fully saturated rings. The van der Waals surface area contributed by atoms with E-state index >= 15 is 0 Å². The largest absolute Gasteiger partial charge is 0.367 e. The van der Waals surface area contributed by atoms with E-state index in [-0.39, 0.29) is 5.91 Å². The van der Waals surface area contributed by atoms with Crippen LogP contribution in [0.5, 0.6) is 0 Å². The average molecular weight is 329 g/mol. The Balaban J connectivity index is 1.49. The molecule has 2 aromatic rings. The number of hydrogen-bond acceptors (Lipinski definition) is 4. The number of nitrogens with zero attached hydrogens (tertiary/aromatic N) is 2. The Labute approximate surface area is 139 Å². The topological polar surface area (TPSA) is 57.3 Å². The molecule has 0 spiro atoms.